The highest BCUT2D eigenvalue weighted by atomic mass is 32.2. The van der Waals surface area contributed by atoms with E-state index in [-0.39, 0.29) is 24.6 Å². The molecule has 0 saturated heterocycles. The van der Waals surface area contributed by atoms with Crippen LogP contribution in [0.5, 0.6) is 0 Å². The number of halogens is 3. The summed E-state index contributed by atoms with van der Waals surface area (Å²) < 4.78 is 43.3. The van der Waals surface area contributed by atoms with E-state index in [0.717, 1.165) is 23.9 Å². The van der Waals surface area contributed by atoms with E-state index in [1.54, 1.807) is 12.1 Å². The number of anilines is 1. The molecule has 0 fully saturated rings. The standard InChI is InChI=1S/C16H13F3N2O3S/c17-16(18,19)9-3-4-12-11(6-9)21-15(23)13(25-12)7-14(22)20-8-10-2-1-5-24-10/h1-6,13H,7-8H2,(H,20,22)(H,21,23). The van der Waals surface area contributed by atoms with Crippen LogP contribution in [0.25, 0.3) is 0 Å². The predicted octanol–water partition coefficient (Wildman–Crippen LogP) is 3.42. The Labute approximate surface area is 145 Å². The first-order valence-electron chi connectivity index (χ1n) is 7.31. The normalized spacial score (nSPS) is 16.9. The molecule has 1 aliphatic rings. The molecular weight excluding hydrogens is 357 g/mol. The van der Waals surface area contributed by atoms with E-state index >= 15 is 0 Å². The zero-order chi connectivity index (χ0) is 18.0. The number of alkyl halides is 3. The molecule has 2 N–H and O–H groups in total. The number of hydrogen-bond acceptors (Lipinski definition) is 4. The monoisotopic (exact) mass is 370 g/mol. The van der Waals surface area contributed by atoms with Crippen LogP contribution in [0.1, 0.15) is 17.7 Å². The molecule has 3 rings (SSSR count). The summed E-state index contributed by atoms with van der Waals surface area (Å²) in [7, 11) is 0. The van der Waals surface area contributed by atoms with Gasteiger partial charge in [-0.1, -0.05) is 0 Å². The molecule has 25 heavy (non-hydrogen) atoms. The first-order chi connectivity index (χ1) is 11.8. The van der Waals surface area contributed by atoms with Crippen LogP contribution in [0.3, 0.4) is 0 Å². The maximum absolute atomic E-state index is 12.7. The lowest BCUT2D eigenvalue weighted by atomic mass is 10.1. The number of thioether (sulfide) groups is 1. The highest BCUT2D eigenvalue weighted by molar-refractivity contribution is 8.01. The van der Waals surface area contributed by atoms with Crippen molar-refractivity contribution in [2.24, 2.45) is 0 Å². The Hall–Kier alpha value is -2.42. The number of amides is 2. The topological polar surface area (TPSA) is 71.3 Å². The molecule has 0 spiro atoms. The van der Waals surface area contributed by atoms with Gasteiger partial charge in [-0.15, -0.1) is 11.8 Å². The third kappa shape index (κ3) is 4.16. The van der Waals surface area contributed by atoms with Gasteiger partial charge in [0, 0.05) is 11.3 Å². The zero-order valence-corrected chi connectivity index (χ0v) is 13.5. The first kappa shape index (κ1) is 17.4. The van der Waals surface area contributed by atoms with Crippen molar-refractivity contribution < 1.29 is 27.2 Å². The molecule has 0 radical (unpaired) electrons. The van der Waals surface area contributed by atoms with Gasteiger partial charge < -0.3 is 15.1 Å². The fraction of sp³-hybridized carbons (Fsp3) is 0.250. The minimum absolute atomic E-state index is 0.0856. The number of carbonyl (C=O) groups excluding carboxylic acids is 2. The van der Waals surface area contributed by atoms with Crippen LogP contribution in [-0.4, -0.2) is 17.1 Å². The second-order valence-electron chi connectivity index (χ2n) is 5.36. The number of rotatable bonds is 4. The maximum atomic E-state index is 12.7. The van der Waals surface area contributed by atoms with Crippen molar-refractivity contribution in [1.82, 2.24) is 5.32 Å². The quantitative estimate of drug-likeness (QED) is 0.865. The molecule has 5 nitrogen and oxygen atoms in total. The van der Waals surface area contributed by atoms with E-state index in [4.69, 9.17) is 4.42 Å². The van der Waals surface area contributed by atoms with Gasteiger partial charge in [-0.05, 0) is 30.3 Å². The largest absolute Gasteiger partial charge is 0.467 e. The van der Waals surface area contributed by atoms with Crippen LogP contribution >= 0.6 is 11.8 Å². The fourth-order valence-electron chi connectivity index (χ4n) is 2.30. The number of carbonyl (C=O) groups is 2. The average molecular weight is 370 g/mol. The Morgan fingerprint density at radius 1 is 1.32 bits per heavy atom. The number of nitrogens with one attached hydrogen (secondary N) is 2. The van der Waals surface area contributed by atoms with Gasteiger partial charge in [0.25, 0.3) is 0 Å². The van der Waals surface area contributed by atoms with Crippen molar-refractivity contribution in [3.63, 3.8) is 0 Å². The van der Waals surface area contributed by atoms with Crippen LogP contribution in [0.4, 0.5) is 18.9 Å². The van der Waals surface area contributed by atoms with E-state index in [1.165, 1.54) is 12.3 Å². The molecule has 132 valence electrons. The molecule has 1 aliphatic heterocycles. The molecule has 0 saturated carbocycles. The van der Waals surface area contributed by atoms with Gasteiger partial charge in [-0.3, -0.25) is 9.59 Å². The molecule has 0 bridgehead atoms. The third-order valence-corrected chi connectivity index (χ3v) is 4.81. The van der Waals surface area contributed by atoms with E-state index < -0.39 is 22.9 Å². The van der Waals surface area contributed by atoms with E-state index in [1.807, 2.05) is 0 Å². The second kappa shape index (κ2) is 6.83. The Morgan fingerprint density at radius 3 is 2.80 bits per heavy atom. The Morgan fingerprint density at radius 2 is 2.12 bits per heavy atom. The SMILES string of the molecule is O=C(CC1Sc2ccc(C(F)(F)F)cc2NC1=O)NCc1ccco1. The number of fused-ring (bicyclic) bond motifs is 1. The van der Waals surface area contributed by atoms with Gasteiger partial charge in [0.1, 0.15) is 5.76 Å². The predicted molar refractivity (Wildman–Crippen MR) is 84.9 cm³/mol. The minimum Gasteiger partial charge on any atom is -0.467 e. The summed E-state index contributed by atoms with van der Waals surface area (Å²) in [6, 6.07) is 6.55. The van der Waals surface area contributed by atoms with E-state index in [9.17, 15) is 22.8 Å². The Bertz CT molecular complexity index is 790. The molecule has 1 unspecified atom stereocenters. The van der Waals surface area contributed by atoms with Crippen LogP contribution < -0.4 is 10.6 Å². The minimum atomic E-state index is -4.48. The van der Waals surface area contributed by atoms with Crippen LogP contribution in [0.2, 0.25) is 0 Å². The highest BCUT2D eigenvalue weighted by Crippen LogP contribution is 2.40. The lowest BCUT2D eigenvalue weighted by Gasteiger charge is -2.24. The highest BCUT2D eigenvalue weighted by Gasteiger charge is 2.34. The third-order valence-electron chi connectivity index (χ3n) is 3.54. The molecule has 9 heteroatoms. The van der Waals surface area contributed by atoms with Gasteiger partial charge in [0.2, 0.25) is 11.8 Å². The first-order valence-corrected chi connectivity index (χ1v) is 8.19. The number of benzene rings is 1. The maximum Gasteiger partial charge on any atom is 0.416 e. The van der Waals surface area contributed by atoms with Gasteiger partial charge in [-0.25, -0.2) is 0 Å². The summed E-state index contributed by atoms with van der Waals surface area (Å²) >= 11 is 1.07. The lowest BCUT2D eigenvalue weighted by molar-refractivity contribution is -0.137. The summed E-state index contributed by atoms with van der Waals surface area (Å²) in [4.78, 5) is 24.5. The average Bonchev–Trinajstić information content (AvgIpc) is 3.06. The smallest absolute Gasteiger partial charge is 0.416 e. The summed E-state index contributed by atoms with van der Waals surface area (Å²) in [6.45, 7) is 0.205. The van der Waals surface area contributed by atoms with E-state index in [2.05, 4.69) is 10.6 Å². The zero-order valence-electron chi connectivity index (χ0n) is 12.7. The van der Waals surface area contributed by atoms with Gasteiger partial charge in [0.15, 0.2) is 0 Å². The summed E-state index contributed by atoms with van der Waals surface area (Å²) in [5, 5.41) is 4.36. The molecule has 0 aliphatic carbocycles. The molecule has 1 atom stereocenters. The van der Waals surface area contributed by atoms with Crippen LogP contribution in [0, 0.1) is 0 Å². The van der Waals surface area contributed by atoms with Crippen molar-refractivity contribution in [3.8, 4) is 0 Å². The van der Waals surface area contributed by atoms with Gasteiger partial charge in [0.05, 0.1) is 29.3 Å². The van der Waals surface area contributed by atoms with Crippen molar-refractivity contribution in [1.29, 1.82) is 0 Å². The van der Waals surface area contributed by atoms with Crippen molar-refractivity contribution >= 4 is 29.3 Å². The lowest BCUT2D eigenvalue weighted by Crippen LogP contribution is -2.34. The van der Waals surface area contributed by atoms with Crippen molar-refractivity contribution in [2.75, 3.05) is 5.32 Å². The van der Waals surface area contributed by atoms with Gasteiger partial charge in [-0.2, -0.15) is 13.2 Å². The molecule has 2 aromatic rings. The Kier molecular flexibility index (Phi) is 4.76. The van der Waals surface area contributed by atoms with Crippen molar-refractivity contribution in [3.05, 3.63) is 47.9 Å². The van der Waals surface area contributed by atoms with E-state index in [0.29, 0.717) is 10.7 Å². The summed E-state index contributed by atoms with van der Waals surface area (Å²) in [5.41, 5.74) is -0.723. The van der Waals surface area contributed by atoms with Crippen molar-refractivity contribution in [2.45, 2.75) is 29.3 Å². The van der Waals surface area contributed by atoms with Gasteiger partial charge >= 0.3 is 6.18 Å². The summed E-state index contributed by atoms with van der Waals surface area (Å²) in [6.07, 6.45) is -3.08. The fourth-order valence-corrected chi connectivity index (χ4v) is 3.39. The number of furan rings is 1. The Balaban J connectivity index is 1.63. The number of hydrogen-bond donors (Lipinski definition) is 2. The summed E-state index contributed by atoms with van der Waals surface area (Å²) in [5.74, 6) is -0.261. The molecule has 1 aromatic carbocycles. The molecule has 1 aromatic heterocycles. The second-order valence-corrected chi connectivity index (χ2v) is 6.61. The van der Waals surface area contributed by atoms with Crippen LogP contribution in [-0.2, 0) is 22.3 Å². The molecule has 2 heterocycles. The molecular formula is C16H13F3N2O3S. The molecule has 2 amide bonds. The van der Waals surface area contributed by atoms with Crippen LogP contribution in [0.15, 0.2) is 45.9 Å².